The number of hydrogen-bond donors (Lipinski definition) is 0. The molecule has 0 aliphatic carbocycles. The third-order valence-corrected chi connectivity index (χ3v) is 6.07. The standard InChI is InChI=1S/C33H36O7/c1-4-25-10-16-29(17-11-25)39-33(36)27-14-20-30(21-15-27)40-32(35)26-12-18-28(19-13-26)37-22-8-6-5-7-9-23-38-31(34)24(2)3/h10-21H,2,4-9,22-23H2,1,3H3. The molecule has 0 atom stereocenters. The molecule has 3 aromatic carbocycles. The van der Waals surface area contributed by atoms with Gasteiger partial charge in [0.1, 0.15) is 17.2 Å². The van der Waals surface area contributed by atoms with Crippen molar-refractivity contribution in [1.82, 2.24) is 0 Å². The summed E-state index contributed by atoms with van der Waals surface area (Å²) in [6, 6.07) is 20.4. The van der Waals surface area contributed by atoms with Gasteiger partial charge in [-0.25, -0.2) is 14.4 Å². The smallest absolute Gasteiger partial charge is 0.343 e. The van der Waals surface area contributed by atoms with Gasteiger partial charge in [0.2, 0.25) is 0 Å². The molecule has 3 rings (SSSR count). The topological polar surface area (TPSA) is 88.1 Å². The van der Waals surface area contributed by atoms with Crippen molar-refractivity contribution in [2.45, 2.75) is 52.4 Å². The van der Waals surface area contributed by atoms with E-state index in [-0.39, 0.29) is 5.97 Å². The molecule has 0 N–H and O–H groups in total. The van der Waals surface area contributed by atoms with Crippen molar-refractivity contribution in [2.24, 2.45) is 0 Å². The first kappa shape index (κ1) is 30.2. The van der Waals surface area contributed by atoms with Crippen LogP contribution in [-0.4, -0.2) is 31.1 Å². The molecule has 0 unspecified atom stereocenters. The highest BCUT2D eigenvalue weighted by Gasteiger charge is 2.12. The predicted octanol–water partition coefficient (Wildman–Crippen LogP) is 7.14. The molecule has 7 nitrogen and oxygen atoms in total. The minimum Gasteiger partial charge on any atom is -0.494 e. The van der Waals surface area contributed by atoms with Crippen molar-refractivity contribution >= 4 is 17.9 Å². The van der Waals surface area contributed by atoms with Crippen LogP contribution in [0.15, 0.2) is 84.9 Å². The summed E-state index contributed by atoms with van der Waals surface area (Å²) < 4.78 is 21.7. The monoisotopic (exact) mass is 544 g/mol. The van der Waals surface area contributed by atoms with E-state index in [0.29, 0.717) is 47.2 Å². The van der Waals surface area contributed by atoms with Crippen molar-refractivity contribution < 1.29 is 33.3 Å². The molecular weight excluding hydrogens is 508 g/mol. The zero-order valence-corrected chi connectivity index (χ0v) is 23.1. The van der Waals surface area contributed by atoms with E-state index in [1.54, 1.807) is 67.6 Å². The van der Waals surface area contributed by atoms with Gasteiger partial charge >= 0.3 is 17.9 Å². The van der Waals surface area contributed by atoms with Crippen LogP contribution in [0.1, 0.15) is 72.2 Å². The molecule has 0 heterocycles. The molecule has 0 aliphatic heterocycles. The summed E-state index contributed by atoms with van der Waals surface area (Å²) in [6.07, 6.45) is 5.69. The molecule has 0 radical (unpaired) electrons. The lowest BCUT2D eigenvalue weighted by Gasteiger charge is -2.09. The van der Waals surface area contributed by atoms with Crippen LogP contribution in [0, 0.1) is 0 Å². The number of ether oxygens (including phenoxy) is 4. The maximum absolute atomic E-state index is 12.5. The van der Waals surface area contributed by atoms with E-state index in [0.717, 1.165) is 44.1 Å². The fourth-order valence-electron chi connectivity index (χ4n) is 3.68. The average molecular weight is 545 g/mol. The second-order valence-corrected chi connectivity index (χ2v) is 9.36. The SMILES string of the molecule is C=C(C)C(=O)OCCCCCCCOc1ccc(C(=O)Oc2ccc(C(=O)Oc3ccc(CC)cc3)cc2)cc1. The minimum atomic E-state index is -0.508. The van der Waals surface area contributed by atoms with Crippen LogP contribution in [0.5, 0.6) is 17.2 Å². The Labute approximate surface area is 235 Å². The summed E-state index contributed by atoms with van der Waals surface area (Å²) in [4.78, 5) is 36.2. The van der Waals surface area contributed by atoms with Crippen molar-refractivity contribution in [3.05, 3.63) is 102 Å². The Balaban J connectivity index is 1.34. The lowest BCUT2D eigenvalue weighted by atomic mass is 10.1. The van der Waals surface area contributed by atoms with Crippen molar-refractivity contribution in [1.29, 1.82) is 0 Å². The summed E-state index contributed by atoms with van der Waals surface area (Å²) in [5.41, 5.74) is 2.32. The van der Waals surface area contributed by atoms with Gasteiger partial charge < -0.3 is 18.9 Å². The molecule has 0 spiro atoms. The van der Waals surface area contributed by atoms with Gasteiger partial charge in [0.25, 0.3) is 0 Å². The van der Waals surface area contributed by atoms with Gasteiger partial charge in [-0.3, -0.25) is 0 Å². The van der Waals surface area contributed by atoms with E-state index in [9.17, 15) is 14.4 Å². The Bertz CT molecular complexity index is 1260. The van der Waals surface area contributed by atoms with Crippen molar-refractivity contribution in [2.75, 3.05) is 13.2 Å². The summed E-state index contributed by atoms with van der Waals surface area (Å²) in [6.45, 7) is 8.25. The van der Waals surface area contributed by atoms with Crippen LogP contribution in [0.25, 0.3) is 0 Å². The largest absolute Gasteiger partial charge is 0.494 e. The maximum atomic E-state index is 12.5. The highest BCUT2D eigenvalue weighted by molar-refractivity contribution is 5.92. The lowest BCUT2D eigenvalue weighted by Crippen LogP contribution is -2.10. The molecule has 3 aromatic rings. The number of carbonyl (C=O) groups is 3. The fourth-order valence-corrected chi connectivity index (χ4v) is 3.68. The molecule has 0 saturated carbocycles. The Morgan fingerprint density at radius 2 is 1.07 bits per heavy atom. The zero-order valence-electron chi connectivity index (χ0n) is 23.1. The second kappa shape index (κ2) is 15.9. The van der Waals surface area contributed by atoms with E-state index >= 15 is 0 Å². The van der Waals surface area contributed by atoms with Gasteiger partial charge in [-0.2, -0.15) is 0 Å². The van der Waals surface area contributed by atoms with Gasteiger partial charge in [-0.15, -0.1) is 0 Å². The summed E-state index contributed by atoms with van der Waals surface area (Å²) >= 11 is 0. The third-order valence-electron chi connectivity index (χ3n) is 6.07. The Morgan fingerprint density at radius 3 is 1.57 bits per heavy atom. The first-order valence-corrected chi connectivity index (χ1v) is 13.5. The number of unbranched alkanes of at least 4 members (excludes halogenated alkanes) is 4. The lowest BCUT2D eigenvalue weighted by molar-refractivity contribution is -0.139. The van der Waals surface area contributed by atoms with Gasteiger partial charge in [0.05, 0.1) is 24.3 Å². The molecule has 7 heteroatoms. The van der Waals surface area contributed by atoms with E-state index < -0.39 is 11.9 Å². The van der Waals surface area contributed by atoms with Crippen LogP contribution in [0.4, 0.5) is 0 Å². The summed E-state index contributed by atoms with van der Waals surface area (Å²) in [5, 5.41) is 0. The van der Waals surface area contributed by atoms with Crippen LogP contribution >= 0.6 is 0 Å². The first-order valence-electron chi connectivity index (χ1n) is 13.5. The molecule has 0 aliphatic rings. The molecule has 0 fully saturated rings. The summed E-state index contributed by atoms with van der Waals surface area (Å²) in [7, 11) is 0. The molecule has 40 heavy (non-hydrogen) atoms. The van der Waals surface area contributed by atoms with Crippen LogP contribution in [-0.2, 0) is 16.0 Å². The average Bonchev–Trinajstić information content (AvgIpc) is 2.97. The first-order chi connectivity index (χ1) is 19.4. The number of carbonyl (C=O) groups excluding carboxylic acids is 3. The molecule has 0 bridgehead atoms. The number of rotatable bonds is 15. The second-order valence-electron chi connectivity index (χ2n) is 9.36. The van der Waals surface area contributed by atoms with E-state index in [4.69, 9.17) is 18.9 Å². The minimum absolute atomic E-state index is 0.322. The quantitative estimate of drug-likeness (QED) is 0.0870. The number of aryl methyl sites for hydroxylation is 1. The van der Waals surface area contributed by atoms with Crippen LogP contribution in [0.2, 0.25) is 0 Å². The van der Waals surface area contributed by atoms with Crippen molar-refractivity contribution in [3.8, 4) is 17.2 Å². The van der Waals surface area contributed by atoms with Gasteiger partial charge in [-0.1, -0.05) is 44.9 Å². The summed E-state index contributed by atoms with van der Waals surface area (Å²) in [5.74, 6) is 0.140. The highest BCUT2D eigenvalue weighted by atomic mass is 16.5. The normalized spacial score (nSPS) is 10.4. The Morgan fingerprint density at radius 1 is 0.625 bits per heavy atom. The van der Waals surface area contributed by atoms with E-state index in [2.05, 4.69) is 13.5 Å². The predicted molar refractivity (Wildman–Crippen MR) is 153 cm³/mol. The van der Waals surface area contributed by atoms with E-state index in [1.807, 2.05) is 12.1 Å². The van der Waals surface area contributed by atoms with Gasteiger partial charge in [0.15, 0.2) is 0 Å². The van der Waals surface area contributed by atoms with Crippen LogP contribution < -0.4 is 14.2 Å². The Hall–Kier alpha value is -4.39. The maximum Gasteiger partial charge on any atom is 0.343 e. The fraction of sp³-hybridized carbons (Fsp3) is 0.303. The number of esters is 3. The molecular formula is C33H36O7. The van der Waals surface area contributed by atoms with Gasteiger partial charge in [-0.05, 0) is 92.4 Å². The van der Waals surface area contributed by atoms with Crippen LogP contribution in [0.3, 0.4) is 0 Å². The molecule has 0 amide bonds. The highest BCUT2D eigenvalue weighted by Crippen LogP contribution is 2.19. The van der Waals surface area contributed by atoms with E-state index in [1.165, 1.54) is 0 Å². The van der Waals surface area contributed by atoms with Crippen molar-refractivity contribution in [3.63, 3.8) is 0 Å². The zero-order chi connectivity index (χ0) is 28.7. The third kappa shape index (κ3) is 10.1. The molecule has 210 valence electrons. The molecule has 0 aromatic heterocycles. The Kier molecular flexibility index (Phi) is 12.0. The molecule has 0 saturated heterocycles. The van der Waals surface area contributed by atoms with Gasteiger partial charge in [0, 0.05) is 5.57 Å². The number of hydrogen-bond acceptors (Lipinski definition) is 7. The number of benzene rings is 3.